The van der Waals surface area contributed by atoms with Crippen LogP contribution in [-0.2, 0) is 0 Å². The van der Waals surface area contributed by atoms with Crippen LogP contribution in [0.3, 0.4) is 0 Å². The van der Waals surface area contributed by atoms with Crippen molar-refractivity contribution in [2.75, 3.05) is 32.7 Å². The minimum atomic E-state index is 0.414. The third-order valence-corrected chi connectivity index (χ3v) is 4.88. The first-order chi connectivity index (χ1) is 8.61. The van der Waals surface area contributed by atoms with Crippen LogP contribution in [-0.4, -0.2) is 37.6 Å². The van der Waals surface area contributed by atoms with Crippen molar-refractivity contribution < 1.29 is 0 Å². The summed E-state index contributed by atoms with van der Waals surface area (Å²) in [6.07, 6.45) is 7.44. The average Bonchev–Trinajstić information content (AvgIpc) is 2.36. The predicted octanol–water partition coefficient (Wildman–Crippen LogP) is 3.13. The van der Waals surface area contributed by atoms with Gasteiger partial charge in [0, 0.05) is 19.6 Å². The van der Waals surface area contributed by atoms with Gasteiger partial charge in [-0.25, -0.2) is 0 Å². The summed E-state index contributed by atoms with van der Waals surface area (Å²) >= 11 is 0. The van der Waals surface area contributed by atoms with E-state index in [9.17, 15) is 0 Å². The van der Waals surface area contributed by atoms with Crippen molar-refractivity contribution in [3.8, 4) is 0 Å². The molecule has 0 bridgehead atoms. The second kappa shape index (κ2) is 6.38. The van der Waals surface area contributed by atoms with Crippen LogP contribution in [0.15, 0.2) is 0 Å². The molecule has 0 amide bonds. The molecule has 106 valence electrons. The molecule has 2 nitrogen and oxygen atoms in total. The van der Waals surface area contributed by atoms with Gasteiger partial charge in [0.05, 0.1) is 0 Å². The Morgan fingerprint density at radius 3 is 2.56 bits per heavy atom. The SMILES string of the molecule is CCNCC(C)(C)CN1CCC2CCCCC2C1. The fourth-order valence-electron chi connectivity index (χ4n) is 3.94. The number of piperidine rings is 1. The smallest absolute Gasteiger partial charge is 0.00449 e. The minimum Gasteiger partial charge on any atom is -0.316 e. The highest BCUT2D eigenvalue weighted by Gasteiger charge is 2.32. The monoisotopic (exact) mass is 252 g/mol. The molecule has 0 radical (unpaired) electrons. The molecule has 1 saturated heterocycles. The summed E-state index contributed by atoms with van der Waals surface area (Å²) in [4.78, 5) is 2.74. The highest BCUT2D eigenvalue weighted by atomic mass is 15.1. The molecule has 1 N–H and O–H groups in total. The number of rotatable bonds is 5. The van der Waals surface area contributed by atoms with Gasteiger partial charge in [-0.3, -0.25) is 0 Å². The van der Waals surface area contributed by atoms with E-state index in [1.165, 1.54) is 51.7 Å². The van der Waals surface area contributed by atoms with Crippen LogP contribution in [0, 0.1) is 17.3 Å². The minimum absolute atomic E-state index is 0.414. The average molecular weight is 252 g/mol. The quantitative estimate of drug-likeness (QED) is 0.808. The topological polar surface area (TPSA) is 15.3 Å². The molecule has 0 aromatic carbocycles. The summed E-state index contributed by atoms with van der Waals surface area (Å²) in [5, 5.41) is 3.51. The van der Waals surface area contributed by atoms with Gasteiger partial charge < -0.3 is 10.2 Å². The molecule has 0 aromatic rings. The molecule has 0 aromatic heterocycles. The Hall–Kier alpha value is -0.0800. The number of nitrogens with one attached hydrogen (secondary N) is 1. The number of fused-ring (bicyclic) bond motifs is 1. The molecule has 1 aliphatic heterocycles. The first-order valence-electron chi connectivity index (χ1n) is 8.04. The predicted molar refractivity (Wildman–Crippen MR) is 78.8 cm³/mol. The van der Waals surface area contributed by atoms with Crippen LogP contribution in [0.5, 0.6) is 0 Å². The summed E-state index contributed by atoms with van der Waals surface area (Å²) in [6, 6.07) is 0. The highest BCUT2D eigenvalue weighted by Crippen LogP contribution is 2.36. The van der Waals surface area contributed by atoms with Crippen LogP contribution in [0.4, 0.5) is 0 Å². The Bertz CT molecular complexity index is 249. The molecule has 1 aliphatic carbocycles. The van der Waals surface area contributed by atoms with Crippen LogP contribution >= 0.6 is 0 Å². The Kier molecular flexibility index (Phi) is 5.08. The largest absolute Gasteiger partial charge is 0.316 e. The second-order valence-electron chi connectivity index (χ2n) is 7.27. The van der Waals surface area contributed by atoms with E-state index in [-0.39, 0.29) is 0 Å². The molecule has 1 saturated carbocycles. The van der Waals surface area contributed by atoms with E-state index in [0.29, 0.717) is 5.41 Å². The molecule has 1 heterocycles. The summed E-state index contributed by atoms with van der Waals surface area (Å²) in [5.74, 6) is 2.08. The van der Waals surface area contributed by atoms with Crippen molar-refractivity contribution in [2.24, 2.45) is 17.3 Å². The van der Waals surface area contributed by atoms with E-state index in [1.54, 1.807) is 0 Å². The first-order valence-corrected chi connectivity index (χ1v) is 8.04. The van der Waals surface area contributed by atoms with Gasteiger partial charge >= 0.3 is 0 Å². The Labute approximate surface area is 114 Å². The molecule has 0 spiro atoms. The number of likely N-dealkylation sites (tertiary alicyclic amines) is 1. The van der Waals surface area contributed by atoms with E-state index in [2.05, 4.69) is 31.0 Å². The standard InChI is InChI=1S/C16H32N2/c1-4-17-12-16(2,3)13-18-10-9-14-7-5-6-8-15(14)11-18/h14-15,17H,4-13H2,1-3H3. The van der Waals surface area contributed by atoms with Gasteiger partial charge in [0.2, 0.25) is 0 Å². The molecule has 18 heavy (non-hydrogen) atoms. The van der Waals surface area contributed by atoms with Crippen molar-refractivity contribution in [1.82, 2.24) is 10.2 Å². The normalized spacial score (nSPS) is 30.2. The number of nitrogens with zero attached hydrogens (tertiary/aromatic N) is 1. The maximum absolute atomic E-state index is 3.51. The maximum Gasteiger partial charge on any atom is 0.00449 e. The van der Waals surface area contributed by atoms with E-state index < -0.39 is 0 Å². The fraction of sp³-hybridized carbons (Fsp3) is 1.00. The zero-order chi connectivity index (χ0) is 13.0. The molecule has 2 fully saturated rings. The van der Waals surface area contributed by atoms with Crippen molar-refractivity contribution >= 4 is 0 Å². The third kappa shape index (κ3) is 3.96. The zero-order valence-corrected chi connectivity index (χ0v) is 12.7. The molecule has 2 aliphatic rings. The van der Waals surface area contributed by atoms with Gasteiger partial charge in [-0.1, -0.05) is 40.0 Å². The van der Waals surface area contributed by atoms with Gasteiger partial charge in [0.25, 0.3) is 0 Å². The van der Waals surface area contributed by atoms with E-state index >= 15 is 0 Å². The lowest BCUT2D eigenvalue weighted by molar-refractivity contribution is 0.0604. The van der Waals surface area contributed by atoms with Crippen LogP contribution in [0.25, 0.3) is 0 Å². The zero-order valence-electron chi connectivity index (χ0n) is 12.7. The van der Waals surface area contributed by atoms with Gasteiger partial charge in [0.15, 0.2) is 0 Å². The third-order valence-electron chi connectivity index (χ3n) is 4.88. The summed E-state index contributed by atoms with van der Waals surface area (Å²) < 4.78 is 0. The second-order valence-corrected chi connectivity index (χ2v) is 7.27. The fourth-order valence-corrected chi connectivity index (χ4v) is 3.94. The number of hydrogen-bond acceptors (Lipinski definition) is 2. The van der Waals surface area contributed by atoms with E-state index in [1.807, 2.05) is 0 Å². The lowest BCUT2D eigenvalue weighted by Gasteiger charge is -2.43. The number of hydrogen-bond donors (Lipinski definition) is 1. The molecule has 2 unspecified atom stereocenters. The molecular weight excluding hydrogens is 220 g/mol. The molecule has 2 atom stereocenters. The van der Waals surface area contributed by atoms with Gasteiger partial charge in [-0.2, -0.15) is 0 Å². The van der Waals surface area contributed by atoms with Crippen molar-refractivity contribution in [3.63, 3.8) is 0 Å². The summed E-state index contributed by atoms with van der Waals surface area (Å²) in [5.41, 5.74) is 0.414. The first kappa shape index (κ1) is 14.3. The maximum atomic E-state index is 3.51. The van der Waals surface area contributed by atoms with Gasteiger partial charge in [-0.15, -0.1) is 0 Å². The molecule has 2 heteroatoms. The summed E-state index contributed by atoms with van der Waals surface area (Å²) in [6.45, 7) is 13.2. The summed E-state index contributed by atoms with van der Waals surface area (Å²) in [7, 11) is 0. The van der Waals surface area contributed by atoms with Crippen LogP contribution in [0.1, 0.15) is 52.9 Å². The van der Waals surface area contributed by atoms with Crippen molar-refractivity contribution in [1.29, 1.82) is 0 Å². The van der Waals surface area contributed by atoms with E-state index in [0.717, 1.165) is 24.9 Å². The van der Waals surface area contributed by atoms with Gasteiger partial charge in [0.1, 0.15) is 0 Å². The van der Waals surface area contributed by atoms with Crippen molar-refractivity contribution in [2.45, 2.75) is 52.9 Å². The Morgan fingerprint density at radius 2 is 1.83 bits per heavy atom. The highest BCUT2D eigenvalue weighted by molar-refractivity contribution is 4.86. The Morgan fingerprint density at radius 1 is 1.11 bits per heavy atom. The van der Waals surface area contributed by atoms with Crippen LogP contribution < -0.4 is 5.32 Å². The van der Waals surface area contributed by atoms with Crippen LogP contribution in [0.2, 0.25) is 0 Å². The lowest BCUT2D eigenvalue weighted by atomic mass is 9.74. The lowest BCUT2D eigenvalue weighted by Crippen LogP contribution is -2.47. The van der Waals surface area contributed by atoms with Gasteiger partial charge in [-0.05, 0) is 43.2 Å². The van der Waals surface area contributed by atoms with E-state index in [4.69, 9.17) is 0 Å². The Balaban J connectivity index is 1.79. The molecule has 2 rings (SSSR count). The van der Waals surface area contributed by atoms with Crippen molar-refractivity contribution in [3.05, 3.63) is 0 Å². The molecular formula is C16H32N2.